The fourth-order valence-electron chi connectivity index (χ4n) is 1.15. The van der Waals surface area contributed by atoms with Gasteiger partial charge in [0.15, 0.2) is 16.6 Å². The van der Waals surface area contributed by atoms with Crippen LogP contribution < -0.4 is 15.8 Å². The molecule has 0 aliphatic heterocycles. The third-order valence-electron chi connectivity index (χ3n) is 1.80. The second kappa shape index (κ2) is 6.55. The quantitative estimate of drug-likeness (QED) is 0.719. The third kappa shape index (κ3) is 3.86. The lowest BCUT2D eigenvalue weighted by Crippen LogP contribution is -2.13. The minimum absolute atomic E-state index is 0.250. The Labute approximate surface area is 100 Å². The lowest BCUT2D eigenvalue weighted by atomic mass is 10.5. The van der Waals surface area contributed by atoms with Gasteiger partial charge in [0, 0.05) is 6.54 Å². The second-order valence-electron chi connectivity index (χ2n) is 3.51. The van der Waals surface area contributed by atoms with E-state index in [-0.39, 0.29) is 6.10 Å². The predicted molar refractivity (Wildman–Crippen MR) is 67.3 cm³/mol. The minimum atomic E-state index is 0.250. The second-order valence-corrected chi connectivity index (χ2v) is 4.28. The summed E-state index contributed by atoms with van der Waals surface area (Å²) in [5.74, 6) is 1.09. The van der Waals surface area contributed by atoms with E-state index >= 15 is 0 Å². The molecule has 5 nitrogen and oxygen atoms in total. The number of hydrogen-bond donors (Lipinski definition) is 2. The molecular formula is C10H19N3O2S. The Morgan fingerprint density at radius 3 is 2.88 bits per heavy atom. The van der Waals surface area contributed by atoms with E-state index in [0.29, 0.717) is 24.8 Å². The number of nitrogens with one attached hydrogen (secondary N) is 1. The Bertz CT molecular complexity index is 315. The molecule has 0 spiro atoms. The summed E-state index contributed by atoms with van der Waals surface area (Å²) in [6.45, 7) is 7.90. The van der Waals surface area contributed by atoms with Crippen molar-refractivity contribution in [3.63, 3.8) is 0 Å². The molecule has 0 saturated heterocycles. The van der Waals surface area contributed by atoms with Crippen LogP contribution in [0, 0.1) is 0 Å². The summed E-state index contributed by atoms with van der Waals surface area (Å²) in [6, 6.07) is 0. The van der Waals surface area contributed by atoms with Gasteiger partial charge in [0.25, 0.3) is 0 Å². The predicted octanol–water partition coefficient (Wildman–Crippen LogP) is 1.96. The summed E-state index contributed by atoms with van der Waals surface area (Å²) >= 11 is 1.31. The normalized spacial score (nSPS) is 10.8. The molecule has 1 rings (SSSR count). The van der Waals surface area contributed by atoms with Gasteiger partial charge in [-0.2, -0.15) is 4.37 Å². The zero-order valence-electron chi connectivity index (χ0n) is 9.95. The van der Waals surface area contributed by atoms with E-state index in [0.717, 1.165) is 11.5 Å². The van der Waals surface area contributed by atoms with E-state index in [9.17, 15) is 0 Å². The van der Waals surface area contributed by atoms with E-state index in [1.165, 1.54) is 11.5 Å². The molecule has 0 aromatic carbocycles. The molecule has 0 amide bonds. The number of nitrogen functional groups attached to an aromatic ring is 1. The molecule has 16 heavy (non-hydrogen) atoms. The first-order valence-corrected chi connectivity index (χ1v) is 6.15. The van der Waals surface area contributed by atoms with Crippen molar-refractivity contribution in [3.8, 4) is 5.75 Å². The number of ether oxygens (including phenoxy) is 2. The van der Waals surface area contributed by atoms with Crippen LogP contribution in [0.2, 0.25) is 0 Å². The van der Waals surface area contributed by atoms with E-state index in [1.807, 2.05) is 20.8 Å². The zero-order valence-corrected chi connectivity index (χ0v) is 10.8. The first-order chi connectivity index (χ1) is 7.65. The molecule has 0 radical (unpaired) electrons. The van der Waals surface area contributed by atoms with Crippen molar-refractivity contribution in [2.75, 3.05) is 30.8 Å². The average Bonchev–Trinajstić information content (AvgIpc) is 2.56. The first-order valence-electron chi connectivity index (χ1n) is 5.38. The van der Waals surface area contributed by atoms with Crippen molar-refractivity contribution in [2.45, 2.75) is 26.9 Å². The molecule has 0 aliphatic carbocycles. The molecule has 1 heterocycles. The molecule has 92 valence electrons. The average molecular weight is 245 g/mol. The first kappa shape index (κ1) is 13.1. The van der Waals surface area contributed by atoms with Crippen LogP contribution in [0.3, 0.4) is 0 Å². The largest absolute Gasteiger partial charge is 0.487 e. The van der Waals surface area contributed by atoms with Crippen LogP contribution in [0.4, 0.5) is 10.8 Å². The van der Waals surface area contributed by atoms with Gasteiger partial charge in [0.05, 0.1) is 19.3 Å². The Balaban J connectivity index is 2.41. The van der Waals surface area contributed by atoms with Crippen molar-refractivity contribution in [2.24, 2.45) is 0 Å². The number of hydrogen-bond acceptors (Lipinski definition) is 6. The van der Waals surface area contributed by atoms with Crippen LogP contribution in [0.1, 0.15) is 20.8 Å². The monoisotopic (exact) mass is 245 g/mol. The molecular weight excluding hydrogens is 226 g/mol. The van der Waals surface area contributed by atoms with Crippen molar-refractivity contribution in [3.05, 3.63) is 0 Å². The highest BCUT2D eigenvalue weighted by Gasteiger charge is 2.11. The number of rotatable bonds is 7. The maximum Gasteiger partial charge on any atom is 0.197 e. The topological polar surface area (TPSA) is 69.4 Å². The summed E-state index contributed by atoms with van der Waals surface area (Å²) in [7, 11) is 0. The lowest BCUT2D eigenvalue weighted by Gasteiger charge is -2.09. The molecule has 0 fully saturated rings. The fraction of sp³-hybridized carbons (Fsp3) is 0.700. The van der Waals surface area contributed by atoms with Crippen LogP contribution in [0.15, 0.2) is 0 Å². The van der Waals surface area contributed by atoms with Crippen molar-refractivity contribution >= 4 is 22.4 Å². The maximum absolute atomic E-state index is 5.68. The Morgan fingerprint density at radius 1 is 1.50 bits per heavy atom. The van der Waals surface area contributed by atoms with Crippen LogP contribution in [-0.2, 0) is 4.74 Å². The van der Waals surface area contributed by atoms with Gasteiger partial charge >= 0.3 is 0 Å². The van der Waals surface area contributed by atoms with E-state index in [2.05, 4.69) is 9.69 Å². The number of aromatic nitrogens is 1. The van der Waals surface area contributed by atoms with Crippen LogP contribution in [-0.4, -0.2) is 30.2 Å². The standard InChI is InChI=1S/C10H19N3O2S/c1-4-14-8-9(11)13-16-10(8)12-5-6-15-7(2)3/h7,12H,4-6H2,1-3H3,(H2,11,13). The Hall–Kier alpha value is -1.01. The third-order valence-corrected chi connectivity index (χ3v) is 2.60. The van der Waals surface area contributed by atoms with Crippen LogP contribution >= 0.6 is 11.5 Å². The minimum Gasteiger partial charge on any atom is -0.487 e. The van der Waals surface area contributed by atoms with Crippen LogP contribution in [0.25, 0.3) is 0 Å². The summed E-state index contributed by atoms with van der Waals surface area (Å²) < 4.78 is 14.9. The number of nitrogens with two attached hydrogens (primary N) is 1. The molecule has 1 aromatic heterocycles. The van der Waals surface area contributed by atoms with Gasteiger partial charge in [0.2, 0.25) is 0 Å². The van der Waals surface area contributed by atoms with Gasteiger partial charge in [-0.1, -0.05) is 0 Å². The van der Waals surface area contributed by atoms with Gasteiger partial charge < -0.3 is 20.5 Å². The SMILES string of the molecule is CCOc1c(N)nsc1NCCOC(C)C. The van der Waals surface area contributed by atoms with Crippen molar-refractivity contribution in [1.29, 1.82) is 0 Å². The molecule has 0 unspecified atom stereocenters. The highest BCUT2D eigenvalue weighted by molar-refractivity contribution is 7.11. The molecule has 0 saturated carbocycles. The zero-order chi connectivity index (χ0) is 12.0. The fourth-order valence-corrected chi connectivity index (χ4v) is 1.84. The van der Waals surface area contributed by atoms with Gasteiger partial charge in [-0.3, -0.25) is 0 Å². The number of nitrogens with zero attached hydrogens (tertiary/aromatic N) is 1. The molecule has 0 aliphatic rings. The molecule has 3 N–H and O–H groups in total. The van der Waals surface area contributed by atoms with E-state index < -0.39 is 0 Å². The number of anilines is 2. The van der Waals surface area contributed by atoms with Crippen molar-refractivity contribution in [1.82, 2.24) is 4.37 Å². The van der Waals surface area contributed by atoms with E-state index in [4.69, 9.17) is 15.2 Å². The summed E-state index contributed by atoms with van der Waals surface area (Å²) in [5, 5.41) is 4.07. The Kier molecular flexibility index (Phi) is 5.34. The summed E-state index contributed by atoms with van der Waals surface area (Å²) in [5.41, 5.74) is 5.68. The molecule has 0 bridgehead atoms. The van der Waals surface area contributed by atoms with Gasteiger partial charge in [-0.15, -0.1) is 0 Å². The van der Waals surface area contributed by atoms with Crippen LogP contribution in [0.5, 0.6) is 5.75 Å². The molecule has 1 aromatic rings. The smallest absolute Gasteiger partial charge is 0.197 e. The van der Waals surface area contributed by atoms with Crippen molar-refractivity contribution < 1.29 is 9.47 Å². The van der Waals surface area contributed by atoms with Gasteiger partial charge in [-0.05, 0) is 32.3 Å². The highest BCUT2D eigenvalue weighted by Crippen LogP contribution is 2.34. The Morgan fingerprint density at radius 2 is 2.25 bits per heavy atom. The summed E-state index contributed by atoms with van der Waals surface area (Å²) in [6.07, 6.45) is 0.250. The van der Waals surface area contributed by atoms with Gasteiger partial charge in [-0.25, -0.2) is 0 Å². The lowest BCUT2D eigenvalue weighted by molar-refractivity contribution is 0.0871. The maximum atomic E-state index is 5.68. The van der Waals surface area contributed by atoms with Gasteiger partial charge in [0.1, 0.15) is 0 Å². The van der Waals surface area contributed by atoms with E-state index in [1.54, 1.807) is 0 Å². The summed E-state index contributed by atoms with van der Waals surface area (Å²) in [4.78, 5) is 0. The molecule has 6 heteroatoms. The highest BCUT2D eigenvalue weighted by atomic mass is 32.1. The molecule has 0 atom stereocenters.